The van der Waals surface area contributed by atoms with Gasteiger partial charge in [-0.3, -0.25) is 0 Å². The van der Waals surface area contributed by atoms with Crippen LogP contribution < -0.4 is 11.1 Å². The van der Waals surface area contributed by atoms with Crippen molar-refractivity contribution in [3.8, 4) is 0 Å². The summed E-state index contributed by atoms with van der Waals surface area (Å²) in [5.41, 5.74) is 7.02. The van der Waals surface area contributed by atoms with Crippen LogP contribution in [0.5, 0.6) is 0 Å². The molecular formula is C16H22IN3. The fraction of sp³-hybridized carbons (Fsp3) is 0.312. The lowest BCUT2D eigenvalue weighted by atomic mass is 10.0. The van der Waals surface area contributed by atoms with E-state index in [2.05, 4.69) is 61.4 Å². The van der Waals surface area contributed by atoms with Gasteiger partial charge in [-0.2, -0.15) is 0 Å². The van der Waals surface area contributed by atoms with Crippen molar-refractivity contribution in [3.05, 3.63) is 48.0 Å². The molecule has 0 aliphatic rings. The van der Waals surface area contributed by atoms with Gasteiger partial charge in [-0.05, 0) is 37.1 Å². The molecule has 0 bridgehead atoms. The van der Waals surface area contributed by atoms with E-state index >= 15 is 0 Å². The fourth-order valence-corrected chi connectivity index (χ4v) is 2.02. The number of nitrogens with one attached hydrogen (secondary N) is 1. The molecule has 0 spiro atoms. The molecule has 0 radical (unpaired) electrons. The molecular weight excluding hydrogens is 361 g/mol. The molecule has 0 heterocycles. The van der Waals surface area contributed by atoms with Crippen molar-refractivity contribution in [2.24, 2.45) is 10.7 Å². The minimum absolute atomic E-state index is 0. The SMILES string of the molecule is CC(C)(C)NC(N)=NCc1cccc2ccccc12.I. The molecule has 0 aliphatic carbocycles. The van der Waals surface area contributed by atoms with Crippen LogP contribution in [0.4, 0.5) is 0 Å². The summed E-state index contributed by atoms with van der Waals surface area (Å²) in [6.45, 7) is 6.78. The highest BCUT2D eigenvalue weighted by Crippen LogP contribution is 2.19. The third-order valence-corrected chi connectivity index (χ3v) is 2.80. The van der Waals surface area contributed by atoms with E-state index in [1.807, 2.05) is 12.1 Å². The van der Waals surface area contributed by atoms with E-state index in [0.717, 1.165) is 0 Å². The minimum Gasteiger partial charge on any atom is -0.370 e. The summed E-state index contributed by atoms with van der Waals surface area (Å²) in [7, 11) is 0. The molecule has 108 valence electrons. The molecule has 3 N–H and O–H groups in total. The molecule has 0 aromatic heterocycles. The molecule has 2 aromatic rings. The molecule has 0 saturated carbocycles. The van der Waals surface area contributed by atoms with E-state index in [1.165, 1.54) is 16.3 Å². The lowest BCUT2D eigenvalue weighted by Gasteiger charge is -2.21. The predicted octanol–water partition coefficient (Wildman–Crippen LogP) is 3.66. The zero-order chi connectivity index (χ0) is 13.9. The number of guanidine groups is 1. The quantitative estimate of drug-likeness (QED) is 0.473. The monoisotopic (exact) mass is 383 g/mol. The number of nitrogens with zero attached hydrogens (tertiary/aromatic N) is 1. The minimum atomic E-state index is -0.0632. The van der Waals surface area contributed by atoms with Crippen molar-refractivity contribution in [1.29, 1.82) is 0 Å². The Kier molecular flexibility index (Phi) is 5.80. The summed E-state index contributed by atoms with van der Waals surface area (Å²) in [4.78, 5) is 4.41. The van der Waals surface area contributed by atoms with Gasteiger partial charge in [0.1, 0.15) is 0 Å². The average Bonchev–Trinajstić information content (AvgIpc) is 2.34. The van der Waals surface area contributed by atoms with Crippen molar-refractivity contribution in [2.45, 2.75) is 32.9 Å². The Balaban J connectivity index is 0.00000200. The van der Waals surface area contributed by atoms with Crippen LogP contribution in [0.15, 0.2) is 47.5 Å². The Labute approximate surface area is 137 Å². The molecule has 4 heteroatoms. The van der Waals surface area contributed by atoms with Gasteiger partial charge >= 0.3 is 0 Å². The molecule has 0 unspecified atom stereocenters. The zero-order valence-corrected chi connectivity index (χ0v) is 14.5. The maximum Gasteiger partial charge on any atom is 0.189 e. The lowest BCUT2D eigenvalue weighted by Crippen LogP contribution is -2.44. The number of aliphatic imine (C=N–C) groups is 1. The first-order valence-electron chi connectivity index (χ1n) is 6.50. The highest BCUT2D eigenvalue weighted by atomic mass is 127. The molecule has 0 fully saturated rings. The van der Waals surface area contributed by atoms with E-state index in [9.17, 15) is 0 Å². The topological polar surface area (TPSA) is 50.4 Å². The van der Waals surface area contributed by atoms with E-state index in [-0.39, 0.29) is 29.5 Å². The molecule has 0 saturated heterocycles. The molecule has 20 heavy (non-hydrogen) atoms. The van der Waals surface area contributed by atoms with Gasteiger partial charge in [0.25, 0.3) is 0 Å². The second-order valence-electron chi connectivity index (χ2n) is 5.71. The third kappa shape index (κ3) is 4.67. The molecule has 3 nitrogen and oxygen atoms in total. The number of rotatable bonds is 2. The first-order valence-corrected chi connectivity index (χ1v) is 6.50. The standard InChI is InChI=1S/C16H21N3.HI/c1-16(2,3)19-15(17)18-11-13-9-6-8-12-7-4-5-10-14(12)13;/h4-10H,11H2,1-3H3,(H3,17,18,19);1H. The normalized spacial score (nSPS) is 12.1. The maximum atomic E-state index is 5.89. The van der Waals surface area contributed by atoms with Gasteiger partial charge in [0, 0.05) is 5.54 Å². The first-order chi connectivity index (χ1) is 8.96. The van der Waals surface area contributed by atoms with Crippen LogP contribution in [-0.2, 0) is 6.54 Å². The zero-order valence-electron chi connectivity index (χ0n) is 12.2. The Morgan fingerprint density at radius 1 is 1.10 bits per heavy atom. The number of hydrogen-bond acceptors (Lipinski definition) is 1. The second-order valence-corrected chi connectivity index (χ2v) is 5.71. The van der Waals surface area contributed by atoms with Crippen molar-refractivity contribution in [1.82, 2.24) is 5.32 Å². The highest BCUT2D eigenvalue weighted by molar-refractivity contribution is 14.0. The molecule has 0 atom stereocenters. The molecule has 2 rings (SSSR count). The van der Waals surface area contributed by atoms with Crippen molar-refractivity contribution >= 4 is 40.7 Å². The fourth-order valence-electron chi connectivity index (χ4n) is 2.02. The van der Waals surface area contributed by atoms with E-state index in [4.69, 9.17) is 5.73 Å². The summed E-state index contributed by atoms with van der Waals surface area (Å²) >= 11 is 0. The molecule has 0 aliphatic heterocycles. The lowest BCUT2D eigenvalue weighted by molar-refractivity contribution is 0.508. The van der Waals surface area contributed by atoms with Crippen LogP contribution in [0.25, 0.3) is 10.8 Å². The Bertz CT molecular complexity index is 595. The van der Waals surface area contributed by atoms with E-state index in [1.54, 1.807) is 0 Å². The van der Waals surface area contributed by atoms with Crippen LogP contribution in [0, 0.1) is 0 Å². The maximum absolute atomic E-state index is 5.89. The van der Waals surface area contributed by atoms with Crippen LogP contribution in [-0.4, -0.2) is 11.5 Å². The average molecular weight is 383 g/mol. The Morgan fingerprint density at radius 2 is 1.75 bits per heavy atom. The Hall–Kier alpha value is -1.30. The number of fused-ring (bicyclic) bond motifs is 1. The third-order valence-electron chi connectivity index (χ3n) is 2.80. The largest absolute Gasteiger partial charge is 0.370 e. The van der Waals surface area contributed by atoms with Gasteiger partial charge in [0.05, 0.1) is 6.54 Å². The van der Waals surface area contributed by atoms with Gasteiger partial charge < -0.3 is 11.1 Å². The predicted molar refractivity (Wildman–Crippen MR) is 97.6 cm³/mol. The van der Waals surface area contributed by atoms with Gasteiger partial charge in [-0.1, -0.05) is 42.5 Å². The van der Waals surface area contributed by atoms with Crippen molar-refractivity contribution in [2.75, 3.05) is 0 Å². The Morgan fingerprint density at radius 3 is 2.45 bits per heavy atom. The summed E-state index contributed by atoms with van der Waals surface area (Å²) in [5, 5.41) is 5.63. The molecule has 0 amide bonds. The van der Waals surface area contributed by atoms with Gasteiger partial charge in [-0.15, -0.1) is 24.0 Å². The van der Waals surface area contributed by atoms with Gasteiger partial charge in [0.2, 0.25) is 0 Å². The first kappa shape index (κ1) is 16.8. The summed E-state index contributed by atoms with van der Waals surface area (Å²) in [6, 6.07) is 14.6. The number of benzene rings is 2. The van der Waals surface area contributed by atoms with E-state index in [0.29, 0.717) is 12.5 Å². The molecule has 2 aromatic carbocycles. The van der Waals surface area contributed by atoms with Crippen LogP contribution in [0.1, 0.15) is 26.3 Å². The number of halogens is 1. The van der Waals surface area contributed by atoms with Crippen molar-refractivity contribution < 1.29 is 0 Å². The smallest absolute Gasteiger partial charge is 0.189 e. The van der Waals surface area contributed by atoms with Crippen LogP contribution in [0.2, 0.25) is 0 Å². The van der Waals surface area contributed by atoms with Gasteiger partial charge in [0.15, 0.2) is 5.96 Å². The number of nitrogens with two attached hydrogens (primary N) is 1. The second kappa shape index (κ2) is 6.92. The summed E-state index contributed by atoms with van der Waals surface area (Å²) in [6.07, 6.45) is 0. The van der Waals surface area contributed by atoms with Crippen LogP contribution in [0.3, 0.4) is 0 Å². The van der Waals surface area contributed by atoms with Gasteiger partial charge in [-0.25, -0.2) is 4.99 Å². The highest BCUT2D eigenvalue weighted by Gasteiger charge is 2.09. The van der Waals surface area contributed by atoms with Crippen LogP contribution >= 0.6 is 24.0 Å². The number of hydrogen-bond donors (Lipinski definition) is 2. The summed E-state index contributed by atoms with van der Waals surface area (Å²) in [5.74, 6) is 0.487. The summed E-state index contributed by atoms with van der Waals surface area (Å²) < 4.78 is 0. The van der Waals surface area contributed by atoms with E-state index < -0.39 is 0 Å². The van der Waals surface area contributed by atoms with Crippen molar-refractivity contribution in [3.63, 3.8) is 0 Å².